The summed E-state index contributed by atoms with van der Waals surface area (Å²) in [4.78, 5) is 11.6. The van der Waals surface area contributed by atoms with Gasteiger partial charge in [0.2, 0.25) is 0 Å². The van der Waals surface area contributed by atoms with Gasteiger partial charge in [-0.05, 0) is 19.3 Å². The molecule has 18 heavy (non-hydrogen) atoms. The Morgan fingerprint density at radius 3 is 2.17 bits per heavy atom. The molecular formula is C14H28O4. The van der Waals surface area contributed by atoms with Gasteiger partial charge in [-0.3, -0.25) is 4.79 Å². The van der Waals surface area contributed by atoms with Crippen molar-refractivity contribution in [3.8, 4) is 0 Å². The first-order chi connectivity index (χ1) is 8.46. The first-order valence-electron chi connectivity index (χ1n) is 6.85. The molecule has 0 aliphatic rings. The Balaban J connectivity index is 3.57. The highest BCUT2D eigenvalue weighted by Crippen LogP contribution is 2.17. The van der Waals surface area contributed by atoms with Crippen molar-refractivity contribution < 1.29 is 19.7 Å². The van der Waals surface area contributed by atoms with Crippen LogP contribution in [0.4, 0.5) is 0 Å². The van der Waals surface area contributed by atoms with Crippen LogP contribution in [-0.2, 0) is 9.53 Å². The number of aliphatic hydroxyl groups is 2. The lowest BCUT2D eigenvalue weighted by Crippen LogP contribution is -2.37. The Kier molecular flexibility index (Phi) is 9.02. The van der Waals surface area contributed by atoms with Crippen LogP contribution in [0.25, 0.3) is 0 Å². The van der Waals surface area contributed by atoms with Crippen LogP contribution in [0.3, 0.4) is 0 Å². The molecule has 0 atom stereocenters. The molecule has 0 aromatic heterocycles. The highest BCUT2D eigenvalue weighted by atomic mass is 16.5. The second kappa shape index (κ2) is 9.34. The minimum atomic E-state index is -1.17. The van der Waals surface area contributed by atoms with Crippen molar-refractivity contribution in [1.29, 1.82) is 0 Å². The number of aliphatic hydroxyl groups excluding tert-OH is 2. The van der Waals surface area contributed by atoms with Gasteiger partial charge in [-0.15, -0.1) is 0 Å². The standard InChI is InChI=1S/C14H28O4/c1-12(2)8-6-4-5-7-9-18-13(17)14(3,10-15)11-16/h12,15-16H,4-11H2,1-3H3. The molecule has 0 rings (SSSR count). The van der Waals surface area contributed by atoms with Gasteiger partial charge in [-0.1, -0.05) is 39.5 Å². The maximum absolute atomic E-state index is 11.6. The number of hydrogen-bond acceptors (Lipinski definition) is 4. The molecular weight excluding hydrogens is 232 g/mol. The van der Waals surface area contributed by atoms with Crippen molar-refractivity contribution in [1.82, 2.24) is 0 Å². The van der Waals surface area contributed by atoms with Gasteiger partial charge in [0, 0.05) is 0 Å². The molecule has 2 N–H and O–H groups in total. The van der Waals surface area contributed by atoms with E-state index < -0.39 is 24.6 Å². The third-order valence-electron chi connectivity index (χ3n) is 3.10. The predicted octanol–water partition coefficient (Wildman–Crippen LogP) is 2.13. The van der Waals surface area contributed by atoms with Crippen molar-refractivity contribution in [3.05, 3.63) is 0 Å². The molecule has 0 unspecified atom stereocenters. The molecule has 0 amide bonds. The van der Waals surface area contributed by atoms with E-state index in [1.807, 2.05) is 0 Å². The Hall–Kier alpha value is -0.610. The lowest BCUT2D eigenvalue weighted by atomic mass is 9.93. The largest absolute Gasteiger partial charge is 0.465 e. The zero-order valence-corrected chi connectivity index (χ0v) is 11.9. The number of rotatable bonds is 10. The lowest BCUT2D eigenvalue weighted by Gasteiger charge is -2.22. The summed E-state index contributed by atoms with van der Waals surface area (Å²) in [6.45, 7) is 5.51. The lowest BCUT2D eigenvalue weighted by molar-refractivity contribution is -0.160. The molecule has 0 aromatic carbocycles. The third-order valence-corrected chi connectivity index (χ3v) is 3.10. The van der Waals surface area contributed by atoms with E-state index in [0.717, 1.165) is 25.2 Å². The molecule has 0 aliphatic carbocycles. The van der Waals surface area contributed by atoms with Gasteiger partial charge in [0.05, 0.1) is 19.8 Å². The summed E-state index contributed by atoms with van der Waals surface area (Å²) in [5.74, 6) is 0.229. The summed E-state index contributed by atoms with van der Waals surface area (Å²) in [5.41, 5.74) is -1.17. The molecule has 0 saturated heterocycles. The summed E-state index contributed by atoms with van der Waals surface area (Å²) in [5, 5.41) is 18.0. The summed E-state index contributed by atoms with van der Waals surface area (Å²) < 4.78 is 5.06. The smallest absolute Gasteiger partial charge is 0.316 e. The number of esters is 1. The van der Waals surface area contributed by atoms with Gasteiger partial charge >= 0.3 is 5.97 Å². The Bertz CT molecular complexity index is 222. The molecule has 0 spiro atoms. The fraction of sp³-hybridized carbons (Fsp3) is 0.929. The van der Waals surface area contributed by atoms with Gasteiger partial charge in [0.15, 0.2) is 0 Å². The fourth-order valence-electron chi connectivity index (χ4n) is 1.53. The van der Waals surface area contributed by atoms with Crippen molar-refractivity contribution >= 4 is 5.97 Å². The van der Waals surface area contributed by atoms with Crippen LogP contribution in [0.2, 0.25) is 0 Å². The monoisotopic (exact) mass is 260 g/mol. The Morgan fingerprint density at radius 1 is 1.11 bits per heavy atom. The SMILES string of the molecule is CC(C)CCCCCCOC(=O)C(C)(CO)CO. The first-order valence-corrected chi connectivity index (χ1v) is 6.85. The fourth-order valence-corrected chi connectivity index (χ4v) is 1.53. The van der Waals surface area contributed by atoms with Crippen LogP contribution in [-0.4, -0.2) is 36.0 Å². The number of ether oxygens (including phenoxy) is 1. The second-order valence-electron chi connectivity index (χ2n) is 5.61. The van der Waals surface area contributed by atoms with E-state index in [9.17, 15) is 4.79 Å². The average Bonchev–Trinajstić information content (AvgIpc) is 2.35. The summed E-state index contributed by atoms with van der Waals surface area (Å²) in [6.07, 6.45) is 5.52. The van der Waals surface area contributed by atoms with Gasteiger partial charge < -0.3 is 14.9 Å². The maximum Gasteiger partial charge on any atom is 0.316 e. The number of unbranched alkanes of at least 4 members (excludes halogenated alkanes) is 3. The minimum absolute atomic E-state index is 0.371. The van der Waals surface area contributed by atoms with Crippen LogP contribution < -0.4 is 0 Å². The van der Waals surface area contributed by atoms with E-state index in [1.54, 1.807) is 0 Å². The summed E-state index contributed by atoms with van der Waals surface area (Å²) in [6, 6.07) is 0. The van der Waals surface area contributed by atoms with Crippen molar-refractivity contribution in [2.75, 3.05) is 19.8 Å². The quantitative estimate of drug-likeness (QED) is 0.466. The molecule has 0 aliphatic heterocycles. The number of carbonyl (C=O) groups is 1. The molecule has 0 saturated carbocycles. The van der Waals surface area contributed by atoms with Gasteiger partial charge in [0.1, 0.15) is 5.41 Å². The average molecular weight is 260 g/mol. The molecule has 4 heteroatoms. The van der Waals surface area contributed by atoms with Gasteiger partial charge in [-0.2, -0.15) is 0 Å². The molecule has 0 aromatic rings. The normalized spacial score (nSPS) is 11.9. The van der Waals surface area contributed by atoms with E-state index in [2.05, 4.69) is 13.8 Å². The van der Waals surface area contributed by atoms with Crippen molar-refractivity contribution in [3.63, 3.8) is 0 Å². The zero-order chi connectivity index (χ0) is 14.0. The molecule has 0 bridgehead atoms. The van der Waals surface area contributed by atoms with E-state index in [0.29, 0.717) is 6.61 Å². The van der Waals surface area contributed by atoms with Crippen LogP contribution in [0.1, 0.15) is 52.9 Å². The Labute approximate surface area is 110 Å². The molecule has 0 heterocycles. The highest BCUT2D eigenvalue weighted by Gasteiger charge is 2.33. The van der Waals surface area contributed by atoms with Crippen molar-refractivity contribution in [2.45, 2.75) is 52.9 Å². The summed E-state index contributed by atoms with van der Waals surface area (Å²) in [7, 11) is 0. The van der Waals surface area contributed by atoms with E-state index in [4.69, 9.17) is 14.9 Å². The molecule has 108 valence electrons. The van der Waals surface area contributed by atoms with Crippen LogP contribution in [0, 0.1) is 11.3 Å². The minimum Gasteiger partial charge on any atom is -0.465 e. The van der Waals surface area contributed by atoms with Crippen LogP contribution in [0.5, 0.6) is 0 Å². The second-order valence-corrected chi connectivity index (χ2v) is 5.61. The van der Waals surface area contributed by atoms with E-state index in [-0.39, 0.29) is 0 Å². The van der Waals surface area contributed by atoms with Crippen LogP contribution >= 0.6 is 0 Å². The maximum atomic E-state index is 11.6. The van der Waals surface area contributed by atoms with E-state index >= 15 is 0 Å². The number of carbonyl (C=O) groups excluding carboxylic acids is 1. The summed E-state index contributed by atoms with van der Waals surface area (Å²) >= 11 is 0. The third kappa shape index (κ3) is 6.97. The van der Waals surface area contributed by atoms with E-state index in [1.165, 1.54) is 19.8 Å². The molecule has 0 radical (unpaired) electrons. The number of hydrogen-bond donors (Lipinski definition) is 2. The topological polar surface area (TPSA) is 66.8 Å². The predicted molar refractivity (Wildman–Crippen MR) is 71.2 cm³/mol. The van der Waals surface area contributed by atoms with Crippen LogP contribution in [0.15, 0.2) is 0 Å². The zero-order valence-electron chi connectivity index (χ0n) is 11.9. The highest BCUT2D eigenvalue weighted by molar-refractivity contribution is 5.76. The molecule has 0 fully saturated rings. The Morgan fingerprint density at radius 2 is 1.67 bits per heavy atom. The van der Waals surface area contributed by atoms with Crippen molar-refractivity contribution in [2.24, 2.45) is 11.3 Å². The molecule has 4 nitrogen and oxygen atoms in total. The van der Waals surface area contributed by atoms with Gasteiger partial charge in [-0.25, -0.2) is 0 Å². The van der Waals surface area contributed by atoms with Gasteiger partial charge in [0.25, 0.3) is 0 Å². The first kappa shape index (κ1) is 17.4.